The van der Waals surface area contributed by atoms with Crippen molar-refractivity contribution in [2.45, 2.75) is 46.6 Å². The number of hydrogen-bond acceptors (Lipinski definition) is 4. The Balaban J connectivity index is 2.51. The number of ether oxygens (including phenoxy) is 1. The van der Waals surface area contributed by atoms with Crippen molar-refractivity contribution in [2.24, 2.45) is 5.41 Å². The molecule has 0 bridgehead atoms. The van der Waals surface area contributed by atoms with Gasteiger partial charge in [0.1, 0.15) is 0 Å². The fraction of sp³-hybridized carbons (Fsp3) is 0.643. The molecule has 6 heteroatoms. The number of carbonyl (C=O) groups is 2. The Bertz CT molecular complexity index is 466. The van der Waals surface area contributed by atoms with E-state index in [0.717, 1.165) is 13.0 Å². The number of carbonyl (C=O) groups excluding carboxylic acids is 2. The summed E-state index contributed by atoms with van der Waals surface area (Å²) in [6.45, 7) is 6.62. The summed E-state index contributed by atoms with van der Waals surface area (Å²) in [6, 6.07) is 0. The van der Waals surface area contributed by atoms with Crippen molar-refractivity contribution in [1.82, 2.24) is 9.78 Å². The van der Waals surface area contributed by atoms with Gasteiger partial charge in [-0.3, -0.25) is 14.3 Å². The van der Waals surface area contributed by atoms with Crippen molar-refractivity contribution < 1.29 is 14.3 Å². The molecule has 1 heterocycles. The lowest BCUT2D eigenvalue weighted by molar-refractivity contribution is -0.143. The Labute approximate surface area is 119 Å². The van der Waals surface area contributed by atoms with E-state index in [-0.39, 0.29) is 24.7 Å². The molecular weight excluding hydrogens is 258 g/mol. The number of esters is 1. The van der Waals surface area contributed by atoms with Crippen LogP contribution < -0.4 is 5.32 Å². The second-order valence-corrected chi connectivity index (χ2v) is 5.63. The molecule has 112 valence electrons. The average Bonchev–Trinajstić information content (AvgIpc) is 2.75. The van der Waals surface area contributed by atoms with E-state index in [1.807, 2.05) is 13.8 Å². The van der Waals surface area contributed by atoms with Crippen molar-refractivity contribution in [3.63, 3.8) is 0 Å². The van der Waals surface area contributed by atoms with Crippen LogP contribution in [0, 0.1) is 5.41 Å². The van der Waals surface area contributed by atoms with Crippen molar-refractivity contribution in [2.75, 3.05) is 12.4 Å². The van der Waals surface area contributed by atoms with E-state index in [1.54, 1.807) is 17.1 Å². The van der Waals surface area contributed by atoms with Crippen LogP contribution in [0.4, 0.5) is 5.69 Å². The maximum absolute atomic E-state index is 12.0. The topological polar surface area (TPSA) is 73.2 Å². The number of anilines is 1. The highest BCUT2D eigenvalue weighted by Crippen LogP contribution is 2.26. The van der Waals surface area contributed by atoms with Gasteiger partial charge in [-0.1, -0.05) is 20.8 Å². The van der Waals surface area contributed by atoms with Gasteiger partial charge in [0.15, 0.2) is 0 Å². The van der Waals surface area contributed by atoms with Crippen LogP contribution >= 0.6 is 0 Å². The monoisotopic (exact) mass is 281 g/mol. The Kier molecular flexibility index (Phi) is 5.73. The van der Waals surface area contributed by atoms with Crippen LogP contribution in [0.5, 0.6) is 0 Å². The summed E-state index contributed by atoms with van der Waals surface area (Å²) in [6.07, 6.45) is 4.88. The summed E-state index contributed by atoms with van der Waals surface area (Å²) in [4.78, 5) is 23.2. The molecule has 0 aliphatic rings. The van der Waals surface area contributed by atoms with E-state index in [9.17, 15) is 9.59 Å². The maximum atomic E-state index is 12.0. The fourth-order valence-electron chi connectivity index (χ4n) is 1.94. The van der Waals surface area contributed by atoms with Gasteiger partial charge in [-0.05, 0) is 11.8 Å². The van der Waals surface area contributed by atoms with E-state index in [4.69, 9.17) is 0 Å². The molecule has 1 amide bonds. The number of nitrogens with one attached hydrogen (secondary N) is 1. The van der Waals surface area contributed by atoms with Gasteiger partial charge in [0.25, 0.3) is 0 Å². The van der Waals surface area contributed by atoms with Crippen LogP contribution in [0.3, 0.4) is 0 Å². The smallest absolute Gasteiger partial charge is 0.306 e. The van der Waals surface area contributed by atoms with Gasteiger partial charge in [-0.25, -0.2) is 0 Å². The molecule has 1 aromatic rings. The second kappa shape index (κ2) is 7.07. The SMILES string of the molecule is CCCn1cc(NC(=O)CC(C)(C)CC(=O)OC)cn1. The summed E-state index contributed by atoms with van der Waals surface area (Å²) in [5.41, 5.74) is 0.244. The first kappa shape index (κ1) is 16.2. The van der Waals surface area contributed by atoms with E-state index in [1.165, 1.54) is 7.11 Å². The summed E-state index contributed by atoms with van der Waals surface area (Å²) < 4.78 is 6.42. The number of amides is 1. The second-order valence-electron chi connectivity index (χ2n) is 5.63. The minimum absolute atomic E-state index is 0.130. The first-order valence-electron chi connectivity index (χ1n) is 6.75. The molecule has 0 aromatic carbocycles. The highest BCUT2D eigenvalue weighted by atomic mass is 16.5. The van der Waals surface area contributed by atoms with Crippen LogP contribution in [0.2, 0.25) is 0 Å². The normalized spacial score (nSPS) is 11.2. The molecule has 0 saturated carbocycles. The molecule has 0 aliphatic heterocycles. The quantitative estimate of drug-likeness (QED) is 0.778. The van der Waals surface area contributed by atoms with Gasteiger partial charge < -0.3 is 10.1 Å². The van der Waals surface area contributed by atoms with Gasteiger partial charge in [-0.15, -0.1) is 0 Å². The molecule has 0 atom stereocenters. The standard InChI is InChI=1S/C14H23N3O3/c1-5-6-17-10-11(9-15-17)16-12(18)7-14(2,3)8-13(19)20-4/h9-10H,5-8H2,1-4H3,(H,16,18). The van der Waals surface area contributed by atoms with Crippen LogP contribution in [-0.4, -0.2) is 28.8 Å². The number of aryl methyl sites for hydroxylation is 1. The number of hydrogen-bond donors (Lipinski definition) is 1. The first-order chi connectivity index (χ1) is 9.36. The van der Waals surface area contributed by atoms with Crippen LogP contribution in [-0.2, 0) is 20.9 Å². The molecule has 1 N–H and O–H groups in total. The molecule has 1 rings (SSSR count). The largest absolute Gasteiger partial charge is 0.469 e. The van der Waals surface area contributed by atoms with Gasteiger partial charge in [0.05, 0.1) is 25.4 Å². The molecule has 6 nitrogen and oxygen atoms in total. The molecule has 0 aliphatic carbocycles. The average molecular weight is 281 g/mol. The molecule has 0 unspecified atom stereocenters. The minimum atomic E-state index is -0.434. The van der Waals surface area contributed by atoms with Crippen LogP contribution in [0.1, 0.15) is 40.0 Å². The third-order valence-electron chi connectivity index (χ3n) is 2.86. The maximum Gasteiger partial charge on any atom is 0.306 e. The van der Waals surface area contributed by atoms with Crippen molar-refractivity contribution in [3.05, 3.63) is 12.4 Å². The lowest BCUT2D eigenvalue weighted by Gasteiger charge is -2.22. The van der Waals surface area contributed by atoms with Crippen LogP contribution in [0.15, 0.2) is 12.4 Å². The lowest BCUT2D eigenvalue weighted by Crippen LogP contribution is -2.25. The fourth-order valence-corrected chi connectivity index (χ4v) is 1.94. The predicted octanol–water partition coefficient (Wildman–Crippen LogP) is 2.21. The molecule has 0 fully saturated rings. The highest BCUT2D eigenvalue weighted by Gasteiger charge is 2.26. The zero-order chi connectivity index (χ0) is 15.2. The van der Waals surface area contributed by atoms with Gasteiger partial charge in [0, 0.05) is 19.2 Å². The number of methoxy groups -OCH3 is 1. The van der Waals surface area contributed by atoms with E-state index >= 15 is 0 Å². The zero-order valence-corrected chi connectivity index (χ0v) is 12.6. The molecule has 0 spiro atoms. The van der Waals surface area contributed by atoms with Gasteiger partial charge in [0.2, 0.25) is 5.91 Å². The van der Waals surface area contributed by atoms with Crippen molar-refractivity contribution in [1.29, 1.82) is 0 Å². The van der Waals surface area contributed by atoms with E-state index in [2.05, 4.69) is 22.1 Å². The third-order valence-corrected chi connectivity index (χ3v) is 2.86. The third kappa shape index (κ3) is 5.42. The van der Waals surface area contributed by atoms with Crippen molar-refractivity contribution in [3.8, 4) is 0 Å². The van der Waals surface area contributed by atoms with Gasteiger partial charge >= 0.3 is 5.97 Å². The first-order valence-corrected chi connectivity index (χ1v) is 6.75. The summed E-state index contributed by atoms with van der Waals surface area (Å²) in [7, 11) is 1.35. The molecule has 0 saturated heterocycles. The zero-order valence-electron chi connectivity index (χ0n) is 12.6. The van der Waals surface area contributed by atoms with E-state index in [0.29, 0.717) is 5.69 Å². The molecule has 20 heavy (non-hydrogen) atoms. The Morgan fingerprint density at radius 2 is 2.10 bits per heavy atom. The van der Waals surface area contributed by atoms with E-state index < -0.39 is 5.41 Å². The number of nitrogens with zero attached hydrogens (tertiary/aromatic N) is 2. The Morgan fingerprint density at radius 3 is 2.70 bits per heavy atom. The molecular formula is C14H23N3O3. The summed E-state index contributed by atoms with van der Waals surface area (Å²) in [5, 5.41) is 6.94. The van der Waals surface area contributed by atoms with Crippen molar-refractivity contribution >= 4 is 17.6 Å². The molecule has 1 aromatic heterocycles. The Hall–Kier alpha value is -1.85. The van der Waals surface area contributed by atoms with Gasteiger partial charge in [-0.2, -0.15) is 5.10 Å². The number of rotatable bonds is 7. The number of aromatic nitrogens is 2. The summed E-state index contributed by atoms with van der Waals surface area (Å²) >= 11 is 0. The summed E-state index contributed by atoms with van der Waals surface area (Å²) in [5.74, 6) is -0.437. The highest BCUT2D eigenvalue weighted by molar-refractivity contribution is 5.91. The Morgan fingerprint density at radius 1 is 1.40 bits per heavy atom. The van der Waals surface area contributed by atoms with Crippen LogP contribution in [0.25, 0.3) is 0 Å². The predicted molar refractivity (Wildman–Crippen MR) is 76.2 cm³/mol. The molecule has 0 radical (unpaired) electrons. The lowest BCUT2D eigenvalue weighted by atomic mass is 9.85. The minimum Gasteiger partial charge on any atom is -0.469 e.